The normalized spacial score (nSPS) is 32.6. The highest BCUT2D eigenvalue weighted by Crippen LogP contribution is 2.43. The summed E-state index contributed by atoms with van der Waals surface area (Å²) < 4.78 is 0. The Balaban J connectivity index is 1.50. The Kier molecular flexibility index (Phi) is 4.93. The third-order valence-corrected chi connectivity index (χ3v) is 5.91. The van der Waals surface area contributed by atoms with Crippen LogP contribution in [0.5, 0.6) is 0 Å². The number of benzene rings is 1. The SMILES string of the molecule is CC1(NC(=O)CC2CC(c3ccccc3)C2)CCCCC1C(=O)O. The lowest BCUT2D eigenvalue weighted by Crippen LogP contribution is -2.55. The fourth-order valence-electron chi connectivity index (χ4n) is 4.41. The van der Waals surface area contributed by atoms with Crippen LogP contribution in [0.1, 0.15) is 63.4 Å². The Morgan fingerprint density at radius 3 is 2.58 bits per heavy atom. The zero-order chi connectivity index (χ0) is 17.2. The average molecular weight is 329 g/mol. The number of aliphatic carboxylic acids is 1. The summed E-state index contributed by atoms with van der Waals surface area (Å²) in [6, 6.07) is 10.5. The summed E-state index contributed by atoms with van der Waals surface area (Å²) in [7, 11) is 0. The van der Waals surface area contributed by atoms with Gasteiger partial charge >= 0.3 is 5.97 Å². The van der Waals surface area contributed by atoms with Crippen LogP contribution in [0.15, 0.2) is 30.3 Å². The van der Waals surface area contributed by atoms with E-state index in [1.807, 2.05) is 13.0 Å². The molecule has 2 unspecified atom stereocenters. The molecule has 3 rings (SSSR count). The third kappa shape index (κ3) is 3.63. The van der Waals surface area contributed by atoms with E-state index in [1.54, 1.807) is 0 Å². The molecular weight excluding hydrogens is 302 g/mol. The predicted octanol–water partition coefficient (Wildman–Crippen LogP) is 3.72. The van der Waals surface area contributed by atoms with Crippen molar-refractivity contribution >= 4 is 11.9 Å². The molecule has 0 spiro atoms. The van der Waals surface area contributed by atoms with Crippen molar-refractivity contribution in [3.8, 4) is 0 Å². The first-order valence-corrected chi connectivity index (χ1v) is 9.07. The van der Waals surface area contributed by atoms with Gasteiger partial charge in [0, 0.05) is 6.42 Å². The number of carboxylic acids is 1. The summed E-state index contributed by atoms with van der Waals surface area (Å²) in [5.74, 6) is -0.243. The Morgan fingerprint density at radius 1 is 1.21 bits per heavy atom. The molecule has 24 heavy (non-hydrogen) atoms. The van der Waals surface area contributed by atoms with E-state index in [4.69, 9.17) is 0 Å². The number of carboxylic acid groups (broad SMARTS) is 1. The molecule has 1 aromatic carbocycles. The topological polar surface area (TPSA) is 66.4 Å². The van der Waals surface area contributed by atoms with Crippen LogP contribution in [-0.4, -0.2) is 22.5 Å². The number of rotatable bonds is 5. The quantitative estimate of drug-likeness (QED) is 0.865. The van der Waals surface area contributed by atoms with Gasteiger partial charge in [0.25, 0.3) is 0 Å². The van der Waals surface area contributed by atoms with Crippen molar-refractivity contribution in [2.75, 3.05) is 0 Å². The van der Waals surface area contributed by atoms with E-state index in [9.17, 15) is 14.7 Å². The van der Waals surface area contributed by atoms with E-state index in [0.29, 0.717) is 24.7 Å². The zero-order valence-corrected chi connectivity index (χ0v) is 14.3. The lowest BCUT2D eigenvalue weighted by atomic mass is 9.69. The fraction of sp³-hybridized carbons (Fsp3) is 0.600. The molecule has 0 aliphatic heterocycles. The van der Waals surface area contributed by atoms with Crippen LogP contribution in [-0.2, 0) is 9.59 Å². The maximum absolute atomic E-state index is 12.4. The summed E-state index contributed by atoms with van der Waals surface area (Å²) >= 11 is 0. The van der Waals surface area contributed by atoms with Crippen molar-refractivity contribution in [3.05, 3.63) is 35.9 Å². The second kappa shape index (κ2) is 6.96. The van der Waals surface area contributed by atoms with Crippen molar-refractivity contribution < 1.29 is 14.7 Å². The van der Waals surface area contributed by atoms with Gasteiger partial charge < -0.3 is 10.4 Å². The molecule has 0 aromatic heterocycles. The summed E-state index contributed by atoms with van der Waals surface area (Å²) in [5, 5.41) is 12.5. The molecule has 2 saturated carbocycles. The number of carbonyl (C=O) groups excluding carboxylic acids is 1. The second-order valence-corrected chi connectivity index (χ2v) is 7.75. The van der Waals surface area contributed by atoms with Gasteiger partial charge in [-0.25, -0.2) is 0 Å². The number of hydrogen-bond donors (Lipinski definition) is 2. The molecule has 2 fully saturated rings. The minimum absolute atomic E-state index is 0.0159. The molecule has 0 radical (unpaired) electrons. The van der Waals surface area contributed by atoms with Crippen LogP contribution >= 0.6 is 0 Å². The predicted molar refractivity (Wildman–Crippen MR) is 92.7 cm³/mol. The van der Waals surface area contributed by atoms with Crippen molar-refractivity contribution in [3.63, 3.8) is 0 Å². The molecule has 2 N–H and O–H groups in total. The monoisotopic (exact) mass is 329 g/mol. The van der Waals surface area contributed by atoms with E-state index in [1.165, 1.54) is 5.56 Å². The highest BCUT2D eigenvalue weighted by molar-refractivity contribution is 5.79. The molecule has 1 amide bonds. The molecule has 0 bridgehead atoms. The second-order valence-electron chi connectivity index (χ2n) is 7.75. The van der Waals surface area contributed by atoms with Crippen molar-refractivity contribution in [2.45, 2.75) is 63.3 Å². The van der Waals surface area contributed by atoms with Gasteiger partial charge in [-0.3, -0.25) is 9.59 Å². The molecule has 4 heteroatoms. The van der Waals surface area contributed by atoms with E-state index >= 15 is 0 Å². The molecule has 2 atom stereocenters. The van der Waals surface area contributed by atoms with Crippen molar-refractivity contribution in [1.82, 2.24) is 5.32 Å². The van der Waals surface area contributed by atoms with E-state index < -0.39 is 17.4 Å². The Labute approximate surface area is 143 Å². The maximum Gasteiger partial charge on any atom is 0.308 e. The molecule has 0 heterocycles. The fourth-order valence-corrected chi connectivity index (χ4v) is 4.41. The highest BCUT2D eigenvalue weighted by atomic mass is 16.4. The van der Waals surface area contributed by atoms with E-state index in [2.05, 4.69) is 29.6 Å². The van der Waals surface area contributed by atoms with Gasteiger partial charge in [-0.15, -0.1) is 0 Å². The molecule has 2 aliphatic carbocycles. The number of hydrogen-bond acceptors (Lipinski definition) is 2. The number of amides is 1. The average Bonchev–Trinajstić information content (AvgIpc) is 2.51. The van der Waals surface area contributed by atoms with E-state index in [-0.39, 0.29) is 5.91 Å². The minimum Gasteiger partial charge on any atom is -0.481 e. The maximum atomic E-state index is 12.4. The molecule has 4 nitrogen and oxygen atoms in total. The third-order valence-electron chi connectivity index (χ3n) is 5.91. The lowest BCUT2D eigenvalue weighted by molar-refractivity contribution is -0.146. The van der Waals surface area contributed by atoms with E-state index in [0.717, 1.165) is 32.1 Å². The van der Waals surface area contributed by atoms with Gasteiger partial charge in [-0.2, -0.15) is 0 Å². The van der Waals surface area contributed by atoms with Crippen LogP contribution in [0, 0.1) is 11.8 Å². The van der Waals surface area contributed by atoms with Gasteiger partial charge in [-0.1, -0.05) is 43.2 Å². The zero-order valence-electron chi connectivity index (χ0n) is 14.3. The minimum atomic E-state index is -0.787. The van der Waals surface area contributed by atoms with Crippen LogP contribution in [0.2, 0.25) is 0 Å². The molecule has 2 aliphatic rings. The largest absolute Gasteiger partial charge is 0.481 e. The Morgan fingerprint density at radius 2 is 1.92 bits per heavy atom. The molecule has 1 aromatic rings. The molecule has 0 saturated heterocycles. The standard InChI is InChI=1S/C20H27NO3/c1-20(10-6-5-9-17(20)19(23)24)21-18(22)13-14-11-16(12-14)15-7-3-2-4-8-15/h2-4,7-8,14,16-17H,5-6,9-13H2,1H3,(H,21,22)(H,23,24). The first-order valence-electron chi connectivity index (χ1n) is 9.07. The molecular formula is C20H27NO3. The van der Waals surface area contributed by atoms with Gasteiger partial charge in [0.05, 0.1) is 11.5 Å². The summed E-state index contributed by atoms with van der Waals surface area (Å²) in [5.41, 5.74) is 0.767. The molecule has 130 valence electrons. The van der Waals surface area contributed by atoms with Crippen LogP contribution in [0.25, 0.3) is 0 Å². The van der Waals surface area contributed by atoms with Crippen molar-refractivity contribution in [1.29, 1.82) is 0 Å². The summed E-state index contributed by atoms with van der Waals surface area (Å²) in [6.45, 7) is 1.90. The van der Waals surface area contributed by atoms with Gasteiger partial charge in [-0.05, 0) is 50.0 Å². The smallest absolute Gasteiger partial charge is 0.308 e. The Bertz CT molecular complexity index is 594. The lowest BCUT2D eigenvalue weighted by Gasteiger charge is -2.41. The number of nitrogens with one attached hydrogen (secondary N) is 1. The van der Waals surface area contributed by atoms with Gasteiger partial charge in [0.2, 0.25) is 5.91 Å². The van der Waals surface area contributed by atoms with Crippen LogP contribution in [0.4, 0.5) is 0 Å². The van der Waals surface area contributed by atoms with Gasteiger partial charge in [0.1, 0.15) is 0 Å². The first kappa shape index (κ1) is 17.0. The highest BCUT2D eigenvalue weighted by Gasteiger charge is 2.42. The van der Waals surface area contributed by atoms with Crippen molar-refractivity contribution in [2.24, 2.45) is 11.8 Å². The Hall–Kier alpha value is -1.84. The van der Waals surface area contributed by atoms with Crippen LogP contribution < -0.4 is 5.32 Å². The summed E-state index contributed by atoms with van der Waals surface area (Å²) in [4.78, 5) is 23.9. The first-order chi connectivity index (χ1) is 11.5. The summed E-state index contributed by atoms with van der Waals surface area (Å²) in [6.07, 6.45) is 5.96. The van der Waals surface area contributed by atoms with Crippen LogP contribution in [0.3, 0.4) is 0 Å². The number of carbonyl (C=O) groups is 2. The van der Waals surface area contributed by atoms with Gasteiger partial charge in [0.15, 0.2) is 0 Å².